The van der Waals surface area contributed by atoms with Crippen molar-refractivity contribution in [2.45, 2.75) is 0 Å². The average Bonchev–Trinajstić information content (AvgIpc) is 2.34. The Hall–Kier alpha value is -0.700. The summed E-state index contributed by atoms with van der Waals surface area (Å²) in [6, 6.07) is 2.89. The minimum Gasteiger partial charge on any atom is -0.495 e. The molecule has 0 aliphatic rings. The smallest absolute Gasteiger partial charge is 0.185 e. The van der Waals surface area contributed by atoms with Crippen LogP contribution in [0.4, 0.5) is 0 Å². The van der Waals surface area contributed by atoms with Gasteiger partial charge in [0, 0.05) is 5.38 Å². The first kappa shape index (κ1) is 6.42. The topological polar surface area (TPSA) is 18.5 Å². The number of rotatable bonds is 2. The Morgan fingerprint density at radius 3 is 2.56 bits per heavy atom. The molecule has 0 unspecified atom stereocenters. The lowest BCUT2D eigenvalue weighted by molar-refractivity contribution is 0.404. The fourth-order valence-electron chi connectivity index (χ4n) is 0.465. The highest BCUT2D eigenvalue weighted by Crippen LogP contribution is 2.26. The minimum absolute atomic E-state index is 0.733. The van der Waals surface area contributed by atoms with E-state index in [1.165, 1.54) is 11.3 Å². The van der Waals surface area contributed by atoms with Crippen LogP contribution >= 0.6 is 11.3 Å². The predicted octanol–water partition coefficient (Wildman–Crippen LogP) is 1.57. The van der Waals surface area contributed by atoms with Crippen LogP contribution in [-0.4, -0.2) is 14.2 Å². The normalized spacial score (nSPS) is 9.11. The van der Waals surface area contributed by atoms with Crippen LogP contribution in [0.2, 0.25) is 0 Å². The highest BCUT2D eigenvalue weighted by molar-refractivity contribution is 7.12. The fourth-order valence-corrected chi connectivity index (χ4v) is 1.09. The summed E-state index contributed by atoms with van der Waals surface area (Å²) in [7, 11) is 3.22. The summed E-state index contributed by atoms with van der Waals surface area (Å²) in [4.78, 5) is 0. The van der Waals surface area contributed by atoms with Gasteiger partial charge in [0.1, 0.15) is 5.75 Å². The molecule has 1 aromatic rings. The van der Waals surface area contributed by atoms with Gasteiger partial charge in [-0.1, -0.05) is 0 Å². The molecule has 1 aromatic heterocycles. The Balaban J connectivity index is 2.74. The van der Waals surface area contributed by atoms with Gasteiger partial charge in [-0.05, 0) is 0 Å². The van der Waals surface area contributed by atoms with E-state index in [2.05, 4.69) is 6.07 Å². The van der Waals surface area contributed by atoms with Crippen molar-refractivity contribution in [1.29, 1.82) is 0 Å². The van der Waals surface area contributed by atoms with Crippen molar-refractivity contribution in [3.05, 3.63) is 11.4 Å². The van der Waals surface area contributed by atoms with Gasteiger partial charge in [-0.3, -0.25) is 0 Å². The van der Waals surface area contributed by atoms with E-state index in [1.807, 2.05) is 5.38 Å². The van der Waals surface area contributed by atoms with Crippen molar-refractivity contribution in [2.24, 2.45) is 0 Å². The zero-order chi connectivity index (χ0) is 6.69. The van der Waals surface area contributed by atoms with Crippen LogP contribution < -0.4 is 9.47 Å². The van der Waals surface area contributed by atoms with Gasteiger partial charge in [-0.2, -0.15) is 0 Å². The Morgan fingerprint density at radius 2 is 2.22 bits per heavy atom. The zero-order valence-corrected chi connectivity index (χ0v) is 6.12. The van der Waals surface area contributed by atoms with E-state index in [1.54, 1.807) is 14.2 Å². The van der Waals surface area contributed by atoms with Crippen molar-refractivity contribution in [3.8, 4) is 10.8 Å². The number of hydrogen-bond acceptors (Lipinski definition) is 3. The standard InChI is InChI=1S/C6H7O2S/c1-7-5-3-6(8-2)9-4-5/h4H,1-2H3. The maximum Gasteiger partial charge on any atom is 0.185 e. The molecule has 1 heterocycles. The van der Waals surface area contributed by atoms with E-state index in [4.69, 9.17) is 9.47 Å². The molecule has 9 heavy (non-hydrogen) atoms. The Labute approximate surface area is 58.0 Å². The second-order valence-corrected chi connectivity index (χ2v) is 2.26. The van der Waals surface area contributed by atoms with Gasteiger partial charge in [0.2, 0.25) is 0 Å². The van der Waals surface area contributed by atoms with E-state index in [0.29, 0.717) is 0 Å². The lowest BCUT2D eigenvalue weighted by Crippen LogP contribution is -1.78. The van der Waals surface area contributed by atoms with E-state index >= 15 is 0 Å². The summed E-state index contributed by atoms with van der Waals surface area (Å²) in [5.74, 6) is 0.733. The van der Waals surface area contributed by atoms with Crippen molar-refractivity contribution in [1.82, 2.24) is 0 Å². The molecule has 0 atom stereocenters. The van der Waals surface area contributed by atoms with E-state index in [9.17, 15) is 0 Å². The van der Waals surface area contributed by atoms with Crippen LogP contribution in [0.5, 0.6) is 10.8 Å². The third-order valence-electron chi connectivity index (χ3n) is 0.904. The van der Waals surface area contributed by atoms with E-state index < -0.39 is 0 Å². The van der Waals surface area contributed by atoms with Gasteiger partial charge in [-0.25, -0.2) is 0 Å². The maximum absolute atomic E-state index is 4.88. The molecule has 0 N–H and O–H groups in total. The second kappa shape index (κ2) is 2.73. The van der Waals surface area contributed by atoms with Gasteiger partial charge in [0.15, 0.2) is 5.06 Å². The molecule has 0 fully saturated rings. The highest BCUT2D eigenvalue weighted by atomic mass is 32.1. The number of methoxy groups -OCH3 is 2. The zero-order valence-electron chi connectivity index (χ0n) is 5.30. The van der Waals surface area contributed by atoms with Gasteiger partial charge in [0.05, 0.1) is 20.3 Å². The monoisotopic (exact) mass is 143 g/mol. The third kappa shape index (κ3) is 1.36. The van der Waals surface area contributed by atoms with Crippen LogP contribution in [-0.2, 0) is 0 Å². The summed E-state index contributed by atoms with van der Waals surface area (Å²) in [6.45, 7) is 0. The lowest BCUT2D eigenvalue weighted by Gasteiger charge is -1.89. The largest absolute Gasteiger partial charge is 0.495 e. The van der Waals surface area contributed by atoms with Crippen molar-refractivity contribution in [2.75, 3.05) is 14.2 Å². The van der Waals surface area contributed by atoms with Crippen molar-refractivity contribution < 1.29 is 9.47 Å². The summed E-state index contributed by atoms with van der Waals surface area (Å²) in [5.41, 5.74) is 0. The molecule has 0 aliphatic carbocycles. The summed E-state index contributed by atoms with van der Waals surface area (Å²) in [6.07, 6.45) is 0. The second-order valence-electron chi connectivity index (χ2n) is 1.42. The lowest BCUT2D eigenvalue weighted by atomic mass is 10.6. The highest BCUT2D eigenvalue weighted by Gasteiger charge is 1.97. The fraction of sp³-hybridized carbons (Fsp3) is 0.333. The van der Waals surface area contributed by atoms with E-state index in [-0.39, 0.29) is 0 Å². The van der Waals surface area contributed by atoms with Gasteiger partial charge >= 0.3 is 0 Å². The Kier molecular flexibility index (Phi) is 1.95. The molecule has 1 rings (SSSR count). The average molecular weight is 143 g/mol. The van der Waals surface area contributed by atoms with Gasteiger partial charge in [-0.15, -0.1) is 11.3 Å². The molecular formula is C6H7O2S. The Bertz CT molecular complexity index is 164. The minimum atomic E-state index is 0.733. The first-order chi connectivity index (χ1) is 4.36. The Morgan fingerprint density at radius 1 is 1.44 bits per heavy atom. The summed E-state index contributed by atoms with van der Waals surface area (Å²) in [5, 5.41) is 2.60. The maximum atomic E-state index is 4.88. The summed E-state index contributed by atoms with van der Waals surface area (Å²) >= 11 is 1.47. The summed E-state index contributed by atoms with van der Waals surface area (Å²) < 4.78 is 9.75. The first-order valence-electron chi connectivity index (χ1n) is 2.45. The number of hydrogen-bond donors (Lipinski definition) is 0. The van der Waals surface area contributed by atoms with Crippen molar-refractivity contribution >= 4 is 11.3 Å². The van der Waals surface area contributed by atoms with Crippen LogP contribution in [0.1, 0.15) is 0 Å². The molecule has 1 radical (unpaired) electrons. The molecule has 0 saturated heterocycles. The molecule has 49 valence electrons. The van der Waals surface area contributed by atoms with E-state index in [0.717, 1.165) is 10.8 Å². The molecule has 0 amide bonds. The van der Waals surface area contributed by atoms with Gasteiger partial charge in [0.25, 0.3) is 0 Å². The van der Waals surface area contributed by atoms with Crippen LogP contribution in [0.15, 0.2) is 5.38 Å². The molecule has 0 bridgehead atoms. The molecule has 2 nitrogen and oxygen atoms in total. The molecule has 0 aromatic carbocycles. The van der Waals surface area contributed by atoms with Crippen LogP contribution in [0, 0.1) is 6.07 Å². The predicted molar refractivity (Wildman–Crippen MR) is 36.3 cm³/mol. The van der Waals surface area contributed by atoms with Gasteiger partial charge < -0.3 is 9.47 Å². The quantitative estimate of drug-likeness (QED) is 0.625. The van der Waals surface area contributed by atoms with Crippen molar-refractivity contribution in [3.63, 3.8) is 0 Å². The van der Waals surface area contributed by atoms with Crippen LogP contribution in [0.3, 0.4) is 0 Å². The van der Waals surface area contributed by atoms with Crippen LogP contribution in [0.25, 0.3) is 0 Å². The first-order valence-corrected chi connectivity index (χ1v) is 3.33. The third-order valence-corrected chi connectivity index (χ3v) is 1.72. The molecule has 0 aliphatic heterocycles. The molecule has 0 saturated carbocycles. The SMILES string of the molecule is COc1[c]c(OC)sc1. The molecule has 3 heteroatoms. The number of ether oxygens (including phenoxy) is 2. The molecule has 0 spiro atoms. The number of thiophene rings is 1. The molecular weight excluding hydrogens is 136 g/mol.